The summed E-state index contributed by atoms with van der Waals surface area (Å²) in [4.78, 5) is 12.5. The highest BCUT2D eigenvalue weighted by Gasteiger charge is 2.16. The van der Waals surface area contributed by atoms with Crippen molar-refractivity contribution in [3.8, 4) is 6.07 Å². The van der Waals surface area contributed by atoms with E-state index in [1.165, 1.54) is 11.1 Å². The Labute approximate surface area is 206 Å². The lowest BCUT2D eigenvalue weighted by molar-refractivity contribution is 0.263. The van der Waals surface area contributed by atoms with Crippen LogP contribution in [0.2, 0.25) is 0 Å². The molecule has 6 nitrogen and oxygen atoms in total. The molecule has 35 heavy (non-hydrogen) atoms. The second-order valence-electron chi connectivity index (χ2n) is 8.92. The van der Waals surface area contributed by atoms with Crippen molar-refractivity contribution in [2.45, 2.75) is 13.3 Å². The summed E-state index contributed by atoms with van der Waals surface area (Å²) in [6, 6.07) is 19.1. The van der Waals surface area contributed by atoms with Gasteiger partial charge in [0.2, 0.25) is 0 Å². The van der Waals surface area contributed by atoms with Crippen molar-refractivity contribution in [3.63, 3.8) is 0 Å². The van der Waals surface area contributed by atoms with E-state index >= 15 is 0 Å². The molecule has 4 aromatic rings. The molecule has 0 amide bonds. The van der Waals surface area contributed by atoms with E-state index in [0.717, 1.165) is 67.2 Å². The smallest absolute Gasteiger partial charge is 0.103 e. The van der Waals surface area contributed by atoms with Gasteiger partial charge < -0.3 is 15.2 Å². The molecular formula is C29H30N6. The third-order valence-electron chi connectivity index (χ3n) is 6.76. The molecule has 0 saturated carbocycles. The highest BCUT2D eigenvalue weighted by molar-refractivity contribution is 5.89. The van der Waals surface area contributed by atoms with Crippen LogP contribution in [0.3, 0.4) is 0 Å². The number of H-pyrrole nitrogens is 1. The Kier molecular flexibility index (Phi) is 6.78. The first-order chi connectivity index (χ1) is 17.2. The molecule has 1 fully saturated rings. The van der Waals surface area contributed by atoms with Gasteiger partial charge in [0, 0.05) is 79.2 Å². The number of nitrogens with one attached hydrogen (secondary N) is 2. The maximum Gasteiger partial charge on any atom is 0.103 e. The second kappa shape index (κ2) is 10.5. The normalized spacial score (nSPS) is 14.5. The lowest BCUT2D eigenvalue weighted by Crippen LogP contribution is -2.46. The largest absolute Gasteiger partial charge is 0.369 e. The minimum Gasteiger partial charge on any atom is -0.369 e. The number of rotatable bonds is 7. The van der Waals surface area contributed by atoms with Gasteiger partial charge in [-0.1, -0.05) is 30.4 Å². The Morgan fingerprint density at radius 1 is 1.06 bits per heavy atom. The van der Waals surface area contributed by atoms with E-state index in [2.05, 4.69) is 98.8 Å². The number of pyridine rings is 1. The number of anilines is 3. The molecular weight excluding hydrogens is 432 g/mol. The van der Waals surface area contributed by atoms with Crippen LogP contribution in [0.1, 0.15) is 23.1 Å². The van der Waals surface area contributed by atoms with Crippen LogP contribution >= 0.6 is 0 Å². The molecule has 2 N–H and O–H groups in total. The summed E-state index contributed by atoms with van der Waals surface area (Å²) in [5.41, 5.74) is 6.81. The van der Waals surface area contributed by atoms with Crippen LogP contribution in [0.4, 0.5) is 17.1 Å². The first-order valence-corrected chi connectivity index (χ1v) is 12.1. The number of hydrogen-bond donors (Lipinski definition) is 2. The molecule has 0 spiro atoms. The average molecular weight is 463 g/mol. The molecule has 176 valence electrons. The molecule has 2 aromatic carbocycles. The van der Waals surface area contributed by atoms with Gasteiger partial charge in [0.15, 0.2) is 0 Å². The van der Waals surface area contributed by atoms with Crippen molar-refractivity contribution in [2.24, 2.45) is 0 Å². The van der Waals surface area contributed by atoms with E-state index in [1.54, 1.807) is 6.20 Å². The van der Waals surface area contributed by atoms with Crippen molar-refractivity contribution in [1.82, 2.24) is 14.9 Å². The van der Waals surface area contributed by atoms with Crippen molar-refractivity contribution < 1.29 is 0 Å². The number of benzene rings is 2. The average Bonchev–Trinajstić information content (AvgIpc) is 3.39. The summed E-state index contributed by atoms with van der Waals surface area (Å²) >= 11 is 0. The van der Waals surface area contributed by atoms with Gasteiger partial charge in [0.1, 0.15) is 6.07 Å². The molecule has 0 unspecified atom stereocenters. The molecule has 0 bridgehead atoms. The molecule has 5 rings (SSSR count). The van der Waals surface area contributed by atoms with E-state index in [0.29, 0.717) is 5.56 Å². The number of nitriles is 1. The fourth-order valence-electron chi connectivity index (χ4n) is 4.72. The zero-order chi connectivity index (χ0) is 24.0. The van der Waals surface area contributed by atoms with Gasteiger partial charge in [-0.3, -0.25) is 9.88 Å². The maximum absolute atomic E-state index is 9.70. The molecule has 0 radical (unpaired) electrons. The highest BCUT2D eigenvalue weighted by Crippen LogP contribution is 2.30. The summed E-state index contributed by atoms with van der Waals surface area (Å²) in [6.45, 7) is 7.38. The van der Waals surface area contributed by atoms with Crippen molar-refractivity contribution in [2.75, 3.05) is 42.9 Å². The SMILES string of the molecule is Cc1c(Nc2c(C#N)cncc2/C=C/CCN2CCN(c3ccccc3)CC2)ccc2[nH]ccc12. The van der Waals surface area contributed by atoms with Crippen LogP contribution in [-0.4, -0.2) is 47.6 Å². The van der Waals surface area contributed by atoms with Crippen molar-refractivity contribution in [3.05, 3.63) is 89.9 Å². The van der Waals surface area contributed by atoms with E-state index in [4.69, 9.17) is 0 Å². The van der Waals surface area contributed by atoms with Gasteiger partial charge in [-0.2, -0.15) is 5.26 Å². The van der Waals surface area contributed by atoms with Crippen LogP contribution < -0.4 is 10.2 Å². The number of nitrogens with zero attached hydrogens (tertiary/aromatic N) is 4. The molecule has 1 aliphatic rings. The zero-order valence-electron chi connectivity index (χ0n) is 20.0. The van der Waals surface area contributed by atoms with Crippen LogP contribution in [0.5, 0.6) is 0 Å². The minimum atomic E-state index is 0.540. The second-order valence-corrected chi connectivity index (χ2v) is 8.92. The number of aromatic nitrogens is 2. The minimum absolute atomic E-state index is 0.540. The molecule has 3 heterocycles. The van der Waals surface area contributed by atoms with Gasteiger partial charge in [0.25, 0.3) is 0 Å². The van der Waals surface area contributed by atoms with Gasteiger partial charge in [0.05, 0.1) is 11.3 Å². The van der Waals surface area contributed by atoms with E-state index in [-0.39, 0.29) is 0 Å². The first kappa shape index (κ1) is 22.7. The third-order valence-corrected chi connectivity index (χ3v) is 6.76. The standard InChI is InChI=1S/C29H30N6/c1-22-26-12-13-32-28(26)11-10-27(22)33-29-23(20-31-21-24(29)19-30)7-5-6-14-34-15-17-35(18-16-34)25-8-3-2-4-9-25/h2-5,7-13,20-21,32H,6,14-18H2,1H3,(H,31,33)/b7-5+. The van der Waals surface area contributed by atoms with Gasteiger partial charge in [-0.25, -0.2) is 0 Å². The van der Waals surface area contributed by atoms with Crippen LogP contribution in [-0.2, 0) is 0 Å². The summed E-state index contributed by atoms with van der Waals surface area (Å²) < 4.78 is 0. The number of aromatic amines is 1. The monoisotopic (exact) mass is 462 g/mol. The molecule has 0 aliphatic carbocycles. The molecule has 2 aromatic heterocycles. The molecule has 1 aliphatic heterocycles. The number of aryl methyl sites for hydroxylation is 1. The Hall–Kier alpha value is -4.08. The van der Waals surface area contributed by atoms with E-state index in [9.17, 15) is 5.26 Å². The Morgan fingerprint density at radius 3 is 2.69 bits per heavy atom. The quantitative estimate of drug-likeness (QED) is 0.368. The summed E-state index contributed by atoms with van der Waals surface area (Å²) in [6.07, 6.45) is 10.6. The summed E-state index contributed by atoms with van der Waals surface area (Å²) in [5, 5.41) is 14.4. The van der Waals surface area contributed by atoms with Crippen molar-refractivity contribution >= 4 is 34.0 Å². The fraction of sp³-hybridized carbons (Fsp3) is 0.241. The van der Waals surface area contributed by atoms with Crippen LogP contribution in [0.15, 0.2) is 73.2 Å². The molecule has 6 heteroatoms. The van der Waals surface area contributed by atoms with E-state index in [1.807, 2.05) is 12.4 Å². The number of para-hydroxylation sites is 1. The van der Waals surface area contributed by atoms with Gasteiger partial charge in [-0.05, 0) is 49.2 Å². The predicted molar refractivity (Wildman–Crippen MR) is 144 cm³/mol. The Balaban J connectivity index is 1.23. The van der Waals surface area contributed by atoms with Crippen LogP contribution in [0.25, 0.3) is 17.0 Å². The van der Waals surface area contributed by atoms with Crippen LogP contribution in [0, 0.1) is 18.3 Å². The van der Waals surface area contributed by atoms with Gasteiger partial charge in [-0.15, -0.1) is 0 Å². The third kappa shape index (κ3) is 5.06. The summed E-state index contributed by atoms with van der Waals surface area (Å²) in [5.74, 6) is 0. The number of hydrogen-bond acceptors (Lipinski definition) is 5. The topological polar surface area (TPSA) is 71.0 Å². The maximum atomic E-state index is 9.70. The zero-order valence-corrected chi connectivity index (χ0v) is 20.0. The fourth-order valence-corrected chi connectivity index (χ4v) is 4.72. The summed E-state index contributed by atoms with van der Waals surface area (Å²) in [7, 11) is 0. The Bertz CT molecular complexity index is 1360. The lowest BCUT2D eigenvalue weighted by atomic mass is 10.1. The molecule has 0 atom stereocenters. The predicted octanol–water partition coefficient (Wildman–Crippen LogP) is 5.71. The van der Waals surface area contributed by atoms with Crippen molar-refractivity contribution in [1.29, 1.82) is 5.26 Å². The number of fused-ring (bicyclic) bond motifs is 1. The molecule has 1 saturated heterocycles. The highest BCUT2D eigenvalue weighted by atomic mass is 15.3. The number of piperazine rings is 1. The Morgan fingerprint density at radius 2 is 1.89 bits per heavy atom. The van der Waals surface area contributed by atoms with E-state index < -0.39 is 0 Å². The first-order valence-electron chi connectivity index (χ1n) is 12.1. The van der Waals surface area contributed by atoms with Gasteiger partial charge >= 0.3 is 0 Å². The lowest BCUT2D eigenvalue weighted by Gasteiger charge is -2.36.